The second-order valence-corrected chi connectivity index (χ2v) is 2.44. The Morgan fingerprint density at radius 2 is 1.31 bits per heavy atom. The highest BCUT2D eigenvalue weighted by atomic mass is 16.5. The van der Waals surface area contributed by atoms with Gasteiger partial charge in [0.25, 0.3) is 0 Å². The van der Waals surface area contributed by atoms with Crippen molar-refractivity contribution in [2.75, 3.05) is 40.5 Å². The van der Waals surface area contributed by atoms with Crippen LogP contribution in [0.3, 0.4) is 0 Å². The molecular weight excluding hydrogens is 166 g/mol. The number of nitrogens with zero attached hydrogens (tertiary/aromatic N) is 1. The highest BCUT2D eigenvalue weighted by molar-refractivity contribution is 4.87. The molecule has 0 bridgehead atoms. The zero-order valence-corrected chi connectivity index (χ0v) is 8.40. The van der Waals surface area contributed by atoms with Gasteiger partial charge in [0.1, 0.15) is 0 Å². The van der Waals surface area contributed by atoms with E-state index >= 15 is 0 Å². The lowest BCUT2D eigenvalue weighted by molar-refractivity contribution is 0.233. The second kappa shape index (κ2) is 11.4. The molecule has 75 valence electrons. The number of methoxy groups -OCH3 is 2. The zero-order valence-electron chi connectivity index (χ0n) is 8.40. The summed E-state index contributed by atoms with van der Waals surface area (Å²) in [5.74, 6) is 0. The predicted octanol–water partition coefficient (Wildman–Crippen LogP) is 0.996. The Morgan fingerprint density at radius 1 is 0.846 bits per heavy atom. The fraction of sp³-hybridized carbons (Fsp3) is 0.600. The van der Waals surface area contributed by atoms with E-state index in [0.717, 1.165) is 13.1 Å². The summed E-state index contributed by atoms with van der Waals surface area (Å²) in [5, 5.41) is 4.23. The molecule has 0 aliphatic heterocycles. The molecule has 0 rings (SSSR count). The van der Waals surface area contributed by atoms with Gasteiger partial charge in [0, 0.05) is 27.3 Å². The molecule has 13 heavy (non-hydrogen) atoms. The van der Waals surface area contributed by atoms with Crippen LogP contribution >= 0.6 is 0 Å². The maximum Gasteiger partial charge on any atom is 0.0644 e. The average Bonchev–Trinajstić information content (AvgIpc) is 2.16. The van der Waals surface area contributed by atoms with Gasteiger partial charge in [0.15, 0.2) is 0 Å². The van der Waals surface area contributed by atoms with Gasteiger partial charge in [0.2, 0.25) is 0 Å². The minimum Gasteiger partial charge on any atom is -0.381 e. The summed E-state index contributed by atoms with van der Waals surface area (Å²) in [5.41, 5.74) is 0. The lowest BCUT2D eigenvalue weighted by atomic mass is 10.4. The Labute approximate surface area is 80.4 Å². The highest BCUT2D eigenvalue weighted by Crippen LogP contribution is 1.76. The van der Waals surface area contributed by atoms with E-state index in [4.69, 9.17) is 9.47 Å². The Bertz CT molecular complexity index is 128. The first-order chi connectivity index (χ1) is 6.41. The molecule has 0 saturated carbocycles. The van der Waals surface area contributed by atoms with Crippen molar-refractivity contribution in [2.24, 2.45) is 0 Å². The van der Waals surface area contributed by atoms with Crippen molar-refractivity contribution in [2.45, 2.75) is 0 Å². The van der Waals surface area contributed by atoms with Gasteiger partial charge in [-0.15, -0.1) is 0 Å². The third kappa shape index (κ3) is 11.4. The van der Waals surface area contributed by atoms with Gasteiger partial charge in [-0.2, -0.15) is 0 Å². The summed E-state index contributed by atoms with van der Waals surface area (Å²) < 4.78 is 9.68. The molecule has 0 aliphatic rings. The summed E-state index contributed by atoms with van der Waals surface area (Å²) in [4.78, 5) is 0. The first-order valence-electron chi connectivity index (χ1n) is 4.33. The molecule has 0 fully saturated rings. The van der Waals surface area contributed by atoms with E-state index in [0.29, 0.717) is 13.2 Å². The molecule has 0 saturated heterocycles. The molecule has 3 nitrogen and oxygen atoms in total. The lowest BCUT2D eigenvalue weighted by Gasteiger charge is -1.92. The van der Waals surface area contributed by atoms with E-state index in [1.807, 2.05) is 24.3 Å². The van der Waals surface area contributed by atoms with Crippen LogP contribution in [0.4, 0.5) is 0 Å². The van der Waals surface area contributed by atoms with Gasteiger partial charge in [-0.3, -0.25) is 0 Å². The molecule has 0 aromatic heterocycles. The van der Waals surface area contributed by atoms with Crippen LogP contribution in [-0.4, -0.2) is 40.5 Å². The fourth-order valence-corrected chi connectivity index (χ4v) is 0.701. The van der Waals surface area contributed by atoms with E-state index in [1.165, 1.54) is 0 Å². The molecule has 0 N–H and O–H groups in total. The molecule has 0 spiro atoms. The van der Waals surface area contributed by atoms with Gasteiger partial charge in [-0.25, -0.2) is 5.32 Å². The van der Waals surface area contributed by atoms with Crippen LogP contribution in [0.15, 0.2) is 24.3 Å². The van der Waals surface area contributed by atoms with Crippen LogP contribution in [-0.2, 0) is 9.47 Å². The predicted molar refractivity (Wildman–Crippen MR) is 53.9 cm³/mol. The van der Waals surface area contributed by atoms with Crippen molar-refractivity contribution >= 4 is 0 Å². The molecule has 0 aliphatic carbocycles. The second-order valence-electron chi connectivity index (χ2n) is 2.44. The monoisotopic (exact) mass is 184 g/mol. The summed E-state index contributed by atoms with van der Waals surface area (Å²) in [6.07, 6.45) is 7.91. The Kier molecular flexibility index (Phi) is 10.8. The summed E-state index contributed by atoms with van der Waals surface area (Å²) in [6, 6.07) is 0. The number of rotatable bonds is 8. The van der Waals surface area contributed by atoms with Gasteiger partial charge >= 0.3 is 0 Å². The van der Waals surface area contributed by atoms with Gasteiger partial charge in [0.05, 0.1) is 13.2 Å². The molecule has 0 aromatic carbocycles. The van der Waals surface area contributed by atoms with Gasteiger partial charge in [-0.05, 0) is 0 Å². The Morgan fingerprint density at radius 3 is 1.69 bits per heavy atom. The third-order valence-corrected chi connectivity index (χ3v) is 1.33. The van der Waals surface area contributed by atoms with E-state index in [-0.39, 0.29) is 0 Å². The van der Waals surface area contributed by atoms with Crippen molar-refractivity contribution in [3.63, 3.8) is 0 Å². The normalized spacial score (nSPS) is 11.8. The third-order valence-electron chi connectivity index (χ3n) is 1.33. The summed E-state index contributed by atoms with van der Waals surface area (Å²) in [7, 11) is 3.35. The fourth-order valence-electron chi connectivity index (χ4n) is 0.701. The Balaban J connectivity index is 3.07. The molecule has 0 amide bonds. The molecule has 0 aromatic rings. The zero-order chi connectivity index (χ0) is 9.78. The van der Waals surface area contributed by atoms with Crippen LogP contribution in [0.2, 0.25) is 0 Å². The summed E-state index contributed by atoms with van der Waals surface area (Å²) in [6.45, 7) is 2.82. The maximum atomic E-state index is 4.84. The minimum absolute atomic E-state index is 0.662. The lowest BCUT2D eigenvalue weighted by Crippen LogP contribution is -2.04. The molecule has 1 radical (unpaired) electrons. The number of ether oxygens (including phenoxy) is 2. The SMILES string of the molecule is COC/C=C/C[N]C/C=C/COC. The Hall–Kier alpha value is -0.640. The van der Waals surface area contributed by atoms with Crippen LogP contribution in [0.1, 0.15) is 0 Å². The molecule has 0 unspecified atom stereocenters. The smallest absolute Gasteiger partial charge is 0.0644 e. The molecular formula is C10H18NO2. The van der Waals surface area contributed by atoms with E-state index in [2.05, 4.69) is 5.32 Å². The van der Waals surface area contributed by atoms with Gasteiger partial charge in [-0.1, -0.05) is 24.3 Å². The maximum absolute atomic E-state index is 4.84. The van der Waals surface area contributed by atoms with Crippen LogP contribution < -0.4 is 5.32 Å². The van der Waals surface area contributed by atoms with Crippen molar-refractivity contribution in [1.29, 1.82) is 0 Å². The highest BCUT2D eigenvalue weighted by Gasteiger charge is 1.79. The van der Waals surface area contributed by atoms with E-state index in [1.54, 1.807) is 14.2 Å². The van der Waals surface area contributed by atoms with Crippen LogP contribution in [0, 0.1) is 0 Å². The largest absolute Gasteiger partial charge is 0.381 e. The van der Waals surface area contributed by atoms with Crippen LogP contribution in [0.25, 0.3) is 0 Å². The van der Waals surface area contributed by atoms with Gasteiger partial charge < -0.3 is 9.47 Å². The standard InChI is InChI=1S/C10H18NO2/c1-12-9-5-3-7-11-8-4-6-10-13-2/h3-6H,7-10H2,1-2H3/b5-3+,6-4+. The quantitative estimate of drug-likeness (QED) is 0.416. The first-order valence-corrected chi connectivity index (χ1v) is 4.33. The number of hydrogen-bond donors (Lipinski definition) is 0. The number of hydrogen-bond acceptors (Lipinski definition) is 2. The van der Waals surface area contributed by atoms with E-state index in [9.17, 15) is 0 Å². The topological polar surface area (TPSA) is 32.6 Å². The van der Waals surface area contributed by atoms with Crippen LogP contribution in [0.5, 0.6) is 0 Å². The minimum atomic E-state index is 0.662. The molecule has 0 atom stereocenters. The van der Waals surface area contributed by atoms with Crippen molar-refractivity contribution in [3.8, 4) is 0 Å². The average molecular weight is 184 g/mol. The van der Waals surface area contributed by atoms with Crippen molar-refractivity contribution in [1.82, 2.24) is 5.32 Å². The first kappa shape index (κ1) is 12.4. The van der Waals surface area contributed by atoms with Crippen molar-refractivity contribution < 1.29 is 9.47 Å². The van der Waals surface area contributed by atoms with E-state index < -0.39 is 0 Å². The molecule has 0 heterocycles. The van der Waals surface area contributed by atoms with Crippen molar-refractivity contribution in [3.05, 3.63) is 24.3 Å². The summed E-state index contributed by atoms with van der Waals surface area (Å²) >= 11 is 0. The molecule has 3 heteroatoms.